The minimum absolute atomic E-state index is 0.182. The second-order valence-electron chi connectivity index (χ2n) is 3.02. The Labute approximate surface area is 99.6 Å². The maximum atomic E-state index is 12.4. The molecule has 1 nitrogen and oxygen atoms in total. The molecule has 0 amide bonds. The first-order valence-corrected chi connectivity index (χ1v) is 5.42. The van der Waals surface area contributed by atoms with E-state index in [9.17, 15) is 13.6 Å². The van der Waals surface area contributed by atoms with Gasteiger partial charge < -0.3 is 0 Å². The predicted molar refractivity (Wildman–Crippen MR) is 58.7 cm³/mol. The van der Waals surface area contributed by atoms with Crippen molar-refractivity contribution >= 4 is 33.3 Å². The van der Waals surface area contributed by atoms with E-state index in [-0.39, 0.29) is 16.9 Å². The zero-order valence-corrected chi connectivity index (χ0v) is 10.1. The van der Waals surface area contributed by atoms with E-state index in [4.69, 9.17) is 11.6 Å². The second-order valence-corrected chi connectivity index (χ2v) is 4.53. The number of hydrogen-bond donors (Lipinski definition) is 0. The molecule has 82 valence electrons. The van der Waals surface area contributed by atoms with Crippen LogP contribution in [0.1, 0.15) is 29.3 Å². The Morgan fingerprint density at radius 1 is 1.47 bits per heavy atom. The van der Waals surface area contributed by atoms with Crippen LogP contribution in [-0.4, -0.2) is 11.2 Å². The van der Waals surface area contributed by atoms with Crippen molar-refractivity contribution in [2.75, 3.05) is 0 Å². The predicted octanol–water partition coefficient (Wildman–Crippen LogP) is 4.20. The first-order chi connectivity index (χ1) is 6.93. The number of alkyl halides is 3. The molecule has 0 N–H and O–H groups in total. The average molecular weight is 298 g/mol. The van der Waals surface area contributed by atoms with Crippen molar-refractivity contribution in [1.82, 2.24) is 0 Å². The van der Waals surface area contributed by atoms with Gasteiger partial charge in [0, 0.05) is 15.6 Å². The average Bonchev–Trinajstić information content (AvgIpc) is 2.16. The number of halogens is 4. The van der Waals surface area contributed by atoms with Gasteiger partial charge in [0.15, 0.2) is 5.78 Å². The number of carbonyl (C=O) groups excluding carboxylic acids is 1. The Kier molecular flexibility index (Phi) is 4.22. The van der Waals surface area contributed by atoms with E-state index in [0.717, 1.165) is 6.07 Å². The summed E-state index contributed by atoms with van der Waals surface area (Å²) in [4.78, 5) is 11.5. The van der Waals surface area contributed by atoms with Gasteiger partial charge in [-0.2, -0.15) is 0 Å². The number of benzene rings is 1. The molecule has 1 aromatic carbocycles. The molecule has 0 aliphatic carbocycles. The molecule has 1 rings (SSSR count). The van der Waals surface area contributed by atoms with Crippen LogP contribution in [0.3, 0.4) is 0 Å². The van der Waals surface area contributed by atoms with Crippen LogP contribution in [0.4, 0.5) is 8.78 Å². The maximum absolute atomic E-state index is 12.4. The molecule has 0 saturated heterocycles. The Morgan fingerprint density at radius 2 is 2.07 bits per heavy atom. The standard InChI is InChI=1S/C10H8BrClF2O/c1-5(12)9(15)7-4-6(10(13)14)2-3-8(7)11/h2-5,10H,1H3. The van der Waals surface area contributed by atoms with Crippen LogP contribution in [0.2, 0.25) is 0 Å². The van der Waals surface area contributed by atoms with Gasteiger partial charge in [-0.25, -0.2) is 8.78 Å². The molecular formula is C10H8BrClF2O. The Morgan fingerprint density at radius 3 is 2.53 bits per heavy atom. The quantitative estimate of drug-likeness (QED) is 0.604. The van der Waals surface area contributed by atoms with Gasteiger partial charge in [-0.1, -0.05) is 22.0 Å². The van der Waals surface area contributed by atoms with Gasteiger partial charge in [-0.15, -0.1) is 11.6 Å². The van der Waals surface area contributed by atoms with Crippen molar-refractivity contribution < 1.29 is 13.6 Å². The number of Topliss-reactive ketones (excluding diaryl/α,β-unsaturated/α-hetero) is 1. The Hall–Kier alpha value is -0.480. The van der Waals surface area contributed by atoms with Crippen LogP contribution in [0.15, 0.2) is 22.7 Å². The summed E-state index contributed by atoms with van der Waals surface area (Å²) in [5.41, 5.74) is 0.00849. The molecule has 0 aromatic heterocycles. The van der Waals surface area contributed by atoms with E-state index in [2.05, 4.69) is 15.9 Å². The van der Waals surface area contributed by atoms with Crippen LogP contribution in [0.5, 0.6) is 0 Å². The number of carbonyl (C=O) groups is 1. The molecule has 15 heavy (non-hydrogen) atoms. The molecule has 0 heterocycles. The number of rotatable bonds is 3. The van der Waals surface area contributed by atoms with E-state index in [1.807, 2.05) is 0 Å². The van der Waals surface area contributed by atoms with Gasteiger partial charge in [-0.3, -0.25) is 4.79 Å². The highest BCUT2D eigenvalue weighted by atomic mass is 79.9. The summed E-state index contributed by atoms with van der Waals surface area (Å²) in [5.74, 6) is -0.369. The molecule has 1 unspecified atom stereocenters. The van der Waals surface area contributed by atoms with Crippen LogP contribution >= 0.6 is 27.5 Å². The van der Waals surface area contributed by atoms with Crippen molar-refractivity contribution in [3.63, 3.8) is 0 Å². The lowest BCUT2D eigenvalue weighted by Crippen LogP contribution is -2.11. The SMILES string of the molecule is CC(Cl)C(=O)c1cc(C(F)F)ccc1Br. The molecule has 0 aliphatic rings. The molecule has 5 heteroatoms. The third-order valence-corrected chi connectivity index (χ3v) is 2.76. The smallest absolute Gasteiger partial charge is 0.263 e. The fraction of sp³-hybridized carbons (Fsp3) is 0.300. The summed E-state index contributed by atoms with van der Waals surface area (Å²) < 4.78 is 25.2. The molecular weight excluding hydrogens is 289 g/mol. The molecule has 0 spiro atoms. The Bertz CT molecular complexity index is 380. The molecule has 0 aliphatic heterocycles. The number of hydrogen-bond acceptors (Lipinski definition) is 1. The van der Waals surface area contributed by atoms with Gasteiger partial charge in [0.05, 0.1) is 5.38 Å². The minimum Gasteiger partial charge on any atom is -0.292 e. The van der Waals surface area contributed by atoms with Gasteiger partial charge in [-0.05, 0) is 19.1 Å². The van der Waals surface area contributed by atoms with E-state index in [1.54, 1.807) is 0 Å². The van der Waals surface area contributed by atoms with Crippen LogP contribution in [0.25, 0.3) is 0 Å². The lowest BCUT2D eigenvalue weighted by atomic mass is 10.1. The van der Waals surface area contributed by atoms with Crippen molar-refractivity contribution in [3.8, 4) is 0 Å². The first kappa shape index (κ1) is 12.6. The molecule has 0 saturated carbocycles. The summed E-state index contributed by atoms with van der Waals surface area (Å²) in [6.07, 6.45) is -2.59. The highest BCUT2D eigenvalue weighted by Crippen LogP contribution is 2.26. The van der Waals surface area contributed by atoms with E-state index >= 15 is 0 Å². The molecule has 0 bridgehead atoms. The highest BCUT2D eigenvalue weighted by Gasteiger charge is 2.18. The van der Waals surface area contributed by atoms with Crippen molar-refractivity contribution in [1.29, 1.82) is 0 Å². The van der Waals surface area contributed by atoms with Gasteiger partial charge in [0.1, 0.15) is 0 Å². The van der Waals surface area contributed by atoms with E-state index in [1.165, 1.54) is 19.1 Å². The largest absolute Gasteiger partial charge is 0.292 e. The monoisotopic (exact) mass is 296 g/mol. The van der Waals surface area contributed by atoms with Crippen molar-refractivity contribution in [2.24, 2.45) is 0 Å². The molecule has 1 aromatic rings. The lowest BCUT2D eigenvalue weighted by molar-refractivity contribution is 0.0990. The fourth-order valence-corrected chi connectivity index (χ4v) is 1.64. The van der Waals surface area contributed by atoms with Crippen molar-refractivity contribution in [3.05, 3.63) is 33.8 Å². The summed E-state index contributed by atoms with van der Waals surface area (Å²) in [7, 11) is 0. The van der Waals surface area contributed by atoms with Gasteiger partial charge >= 0.3 is 0 Å². The van der Waals surface area contributed by atoms with Crippen molar-refractivity contribution in [2.45, 2.75) is 18.7 Å². The fourth-order valence-electron chi connectivity index (χ4n) is 1.08. The van der Waals surface area contributed by atoms with E-state index in [0.29, 0.717) is 4.47 Å². The summed E-state index contributed by atoms with van der Waals surface area (Å²) >= 11 is 8.73. The lowest BCUT2D eigenvalue weighted by Gasteiger charge is -2.07. The molecule has 1 atom stereocenters. The van der Waals surface area contributed by atoms with Gasteiger partial charge in [0.25, 0.3) is 6.43 Å². The summed E-state index contributed by atoms with van der Waals surface area (Å²) in [6, 6.07) is 3.86. The molecule has 0 fully saturated rings. The number of ketones is 1. The first-order valence-electron chi connectivity index (χ1n) is 4.19. The van der Waals surface area contributed by atoms with Crippen LogP contribution < -0.4 is 0 Å². The Balaban J connectivity index is 3.16. The third-order valence-electron chi connectivity index (χ3n) is 1.87. The topological polar surface area (TPSA) is 17.1 Å². The minimum atomic E-state index is -2.59. The highest BCUT2D eigenvalue weighted by molar-refractivity contribution is 9.10. The molecule has 0 radical (unpaired) electrons. The maximum Gasteiger partial charge on any atom is 0.263 e. The zero-order valence-electron chi connectivity index (χ0n) is 7.81. The normalized spacial score (nSPS) is 12.9. The third kappa shape index (κ3) is 2.98. The second kappa shape index (κ2) is 5.03. The summed E-state index contributed by atoms with van der Waals surface area (Å²) in [5, 5.41) is -0.728. The van der Waals surface area contributed by atoms with E-state index < -0.39 is 11.8 Å². The van der Waals surface area contributed by atoms with Crippen LogP contribution in [-0.2, 0) is 0 Å². The summed E-state index contributed by atoms with van der Waals surface area (Å²) in [6.45, 7) is 1.51. The van der Waals surface area contributed by atoms with Gasteiger partial charge in [0.2, 0.25) is 0 Å². The van der Waals surface area contributed by atoms with Crippen LogP contribution in [0, 0.1) is 0 Å². The zero-order chi connectivity index (χ0) is 11.6.